The van der Waals surface area contributed by atoms with E-state index in [0.717, 1.165) is 10.6 Å². The maximum Gasteiger partial charge on any atom is 0.261 e. The van der Waals surface area contributed by atoms with Crippen LogP contribution in [-0.2, 0) is 4.79 Å². The molecule has 0 saturated carbocycles. The van der Waals surface area contributed by atoms with Gasteiger partial charge in [0.2, 0.25) is 5.91 Å². The molecule has 2 aromatic heterocycles. The van der Waals surface area contributed by atoms with Crippen molar-refractivity contribution in [3.63, 3.8) is 0 Å². The largest absolute Gasteiger partial charge is 0.351 e. The highest BCUT2D eigenvalue weighted by Crippen LogP contribution is 2.25. The lowest BCUT2D eigenvalue weighted by molar-refractivity contribution is -0.131. The number of nitrogens with zero attached hydrogens (tertiary/aromatic N) is 8. The van der Waals surface area contributed by atoms with E-state index in [9.17, 15) is 14.4 Å². The van der Waals surface area contributed by atoms with Gasteiger partial charge in [0.25, 0.3) is 11.8 Å². The molecule has 0 bridgehead atoms. The quantitative estimate of drug-likeness (QED) is 0.370. The number of halogens is 1. The molecule has 186 valence electrons. The number of imide groups is 1. The highest BCUT2D eigenvalue weighted by Gasteiger charge is 2.35. The molecular weight excluding hydrogens is 496 g/mol. The molecule has 12 heteroatoms. The van der Waals surface area contributed by atoms with E-state index < -0.39 is 0 Å². The van der Waals surface area contributed by atoms with Gasteiger partial charge in [0, 0.05) is 44.2 Å². The van der Waals surface area contributed by atoms with E-state index in [2.05, 4.69) is 25.2 Å². The second kappa shape index (κ2) is 9.25. The van der Waals surface area contributed by atoms with E-state index in [0.29, 0.717) is 59.3 Å². The molecule has 0 radical (unpaired) electrons. The average molecular weight is 517 g/mol. The molecule has 4 heterocycles. The number of rotatable bonds is 5. The summed E-state index contributed by atoms with van der Waals surface area (Å²) in [5.74, 6) is -0.142. The van der Waals surface area contributed by atoms with Crippen LogP contribution < -0.4 is 4.90 Å². The fourth-order valence-corrected chi connectivity index (χ4v) is 4.83. The first-order valence-corrected chi connectivity index (χ1v) is 12.2. The minimum atomic E-state index is -0.349. The number of benzene rings is 2. The standard InChI is InChI=1S/C25H21ClN8O3/c26-16-5-7-17(8-6-16)34-23-21(29-30-34)22(27-15-28-23)32-13-11-31(12-14-32)20(35)9-10-33-24(36)18-3-1-2-4-19(18)25(33)37/h1-8,15H,9-14H2. The monoisotopic (exact) mass is 516 g/mol. The van der Waals surface area contributed by atoms with Crippen LogP contribution >= 0.6 is 11.6 Å². The molecule has 0 aliphatic carbocycles. The third-order valence-electron chi connectivity index (χ3n) is 6.65. The summed E-state index contributed by atoms with van der Waals surface area (Å²) in [5.41, 5.74) is 2.70. The minimum absolute atomic E-state index is 0.0612. The van der Waals surface area contributed by atoms with Crippen LogP contribution in [0.2, 0.25) is 5.02 Å². The maximum absolute atomic E-state index is 12.9. The van der Waals surface area contributed by atoms with Gasteiger partial charge in [0.05, 0.1) is 16.8 Å². The number of piperazine rings is 1. The first-order chi connectivity index (χ1) is 18.0. The fraction of sp³-hybridized carbons (Fsp3) is 0.240. The highest BCUT2D eigenvalue weighted by molar-refractivity contribution is 6.30. The maximum atomic E-state index is 12.9. The third kappa shape index (κ3) is 4.06. The molecule has 4 aromatic rings. The van der Waals surface area contributed by atoms with Gasteiger partial charge in [-0.1, -0.05) is 28.9 Å². The molecule has 0 unspecified atom stereocenters. The normalized spacial score (nSPS) is 15.5. The topological polar surface area (TPSA) is 117 Å². The van der Waals surface area contributed by atoms with Crippen molar-refractivity contribution in [3.05, 3.63) is 71.0 Å². The molecule has 37 heavy (non-hydrogen) atoms. The Morgan fingerprint density at radius 2 is 1.57 bits per heavy atom. The van der Waals surface area contributed by atoms with E-state index in [1.165, 1.54) is 6.33 Å². The van der Waals surface area contributed by atoms with E-state index >= 15 is 0 Å². The first kappa shape index (κ1) is 23.0. The average Bonchev–Trinajstić information content (AvgIpc) is 3.47. The summed E-state index contributed by atoms with van der Waals surface area (Å²) in [5, 5.41) is 9.19. The Balaban J connectivity index is 1.10. The van der Waals surface area contributed by atoms with E-state index in [-0.39, 0.29) is 30.7 Å². The van der Waals surface area contributed by atoms with Crippen LogP contribution in [0.5, 0.6) is 0 Å². The summed E-state index contributed by atoms with van der Waals surface area (Å²) in [6.45, 7) is 2.14. The summed E-state index contributed by atoms with van der Waals surface area (Å²) in [6.07, 6.45) is 1.56. The molecule has 1 saturated heterocycles. The minimum Gasteiger partial charge on any atom is -0.351 e. The molecule has 3 amide bonds. The molecule has 0 N–H and O–H groups in total. The molecular formula is C25H21ClN8O3. The number of anilines is 1. The molecule has 0 spiro atoms. The number of hydrogen-bond acceptors (Lipinski definition) is 8. The highest BCUT2D eigenvalue weighted by atomic mass is 35.5. The fourth-order valence-electron chi connectivity index (χ4n) is 4.70. The van der Waals surface area contributed by atoms with Gasteiger partial charge < -0.3 is 9.80 Å². The second-order valence-corrected chi connectivity index (χ2v) is 9.21. The van der Waals surface area contributed by atoms with Gasteiger partial charge in [-0.2, -0.15) is 4.68 Å². The number of carbonyl (C=O) groups excluding carboxylic acids is 3. The van der Waals surface area contributed by atoms with Crippen LogP contribution in [0.3, 0.4) is 0 Å². The van der Waals surface area contributed by atoms with Crippen LogP contribution in [0.25, 0.3) is 16.9 Å². The predicted molar refractivity (Wildman–Crippen MR) is 135 cm³/mol. The van der Waals surface area contributed by atoms with Crippen LogP contribution in [0.15, 0.2) is 54.9 Å². The van der Waals surface area contributed by atoms with Gasteiger partial charge >= 0.3 is 0 Å². The Morgan fingerprint density at radius 1 is 0.892 bits per heavy atom. The number of amides is 3. The number of aromatic nitrogens is 5. The van der Waals surface area contributed by atoms with Crippen molar-refractivity contribution in [3.8, 4) is 5.69 Å². The van der Waals surface area contributed by atoms with Crippen LogP contribution in [0.1, 0.15) is 27.1 Å². The van der Waals surface area contributed by atoms with Gasteiger partial charge in [-0.25, -0.2) is 9.97 Å². The van der Waals surface area contributed by atoms with E-state index in [1.54, 1.807) is 46.0 Å². The van der Waals surface area contributed by atoms with Crippen molar-refractivity contribution in [2.45, 2.75) is 6.42 Å². The Labute approximate surface area is 216 Å². The van der Waals surface area contributed by atoms with Gasteiger partial charge in [-0.3, -0.25) is 19.3 Å². The zero-order valence-electron chi connectivity index (χ0n) is 19.6. The Morgan fingerprint density at radius 3 is 2.24 bits per heavy atom. The van der Waals surface area contributed by atoms with E-state index in [1.807, 2.05) is 12.1 Å². The van der Waals surface area contributed by atoms with Crippen molar-refractivity contribution in [1.82, 2.24) is 34.8 Å². The molecule has 11 nitrogen and oxygen atoms in total. The third-order valence-corrected chi connectivity index (χ3v) is 6.90. The van der Waals surface area contributed by atoms with Crippen LogP contribution in [-0.4, -0.2) is 85.2 Å². The van der Waals surface area contributed by atoms with E-state index in [4.69, 9.17) is 11.6 Å². The number of carbonyl (C=O) groups is 3. The summed E-state index contributed by atoms with van der Waals surface area (Å²) < 4.78 is 1.63. The van der Waals surface area contributed by atoms with Crippen molar-refractivity contribution < 1.29 is 14.4 Å². The summed E-state index contributed by atoms with van der Waals surface area (Å²) in [6, 6.07) is 13.9. The van der Waals surface area contributed by atoms with Crippen LogP contribution in [0.4, 0.5) is 5.82 Å². The van der Waals surface area contributed by atoms with Crippen LogP contribution in [0, 0.1) is 0 Å². The van der Waals surface area contributed by atoms with Crippen molar-refractivity contribution in [2.75, 3.05) is 37.6 Å². The number of fused-ring (bicyclic) bond motifs is 2. The lowest BCUT2D eigenvalue weighted by Crippen LogP contribution is -2.49. The SMILES string of the molecule is O=C(CCN1C(=O)c2ccccc2C1=O)N1CCN(c2ncnc3c2nnn3-c2ccc(Cl)cc2)CC1. The zero-order chi connectivity index (χ0) is 25.5. The zero-order valence-corrected chi connectivity index (χ0v) is 20.4. The smallest absolute Gasteiger partial charge is 0.261 e. The van der Waals surface area contributed by atoms with Gasteiger partial charge in [-0.15, -0.1) is 5.10 Å². The van der Waals surface area contributed by atoms with Crippen molar-refractivity contribution in [2.24, 2.45) is 0 Å². The van der Waals surface area contributed by atoms with Crippen molar-refractivity contribution >= 4 is 46.3 Å². The molecule has 1 fully saturated rings. The van der Waals surface area contributed by atoms with Gasteiger partial charge in [0.15, 0.2) is 17.0 Å². The number of hydrogen-bond donors (Lipinski definition) is 0. The molecule has 2 aromatic carbocycles. The van der Waals surface area contributed by atoms with Gasteiger partial charge in [0.1, 0.15) is 6.33 Å². The Kier molecular flexibility index (Phi) is 5.76. The second-order valence-electron chi connectivity index (χ2n) is 8.77. The lowest BCUT2D eigenvalue weighted by atomic mass is 10.1. The van der Waals surface area contributed by atoms with Gasteiger partial charge in [-0.05, 0) is 36.4 Å². The molecule has 0 atom stereocenters. The Bertz CT molecular complexity index is 1490. The Hall–Kier alpha value is -4.38. The molecule has 2 aliphatic heterocycles. The summed E-state index contributed by atoms with van der Waals surface area (Å²) >= 11 is 6.00. The summed E-state index contributed by atoms with van der Waals surface area (Å²) in [7, 11) is 0. The molecule has 2 aliphatic rings. The summed E-state index contributed by atoms with van der Waals surface area (Å²) in [4.78, 5) is 51.7. The predicted octanol–water partition coefficient (Wildman–Crippen LogP) is 2.20. The molecule has 6 rings (SSSR count). The first-order valence-electron chi connectivity index (χ1n) is 11.8. The van der Waals surface area contributed by atoms with Crippen molar-refractivity contribution in [1.29, 1.82) is 0 Å². The lowest BCUT2D eigenvalue weighted by Gasteiger charge is -2.35.